The van der Waals surface area contributed by atoms with Crippen LogP contribution in [0.15, 0.2) is 12.1 Å². The van der Waals surface area contributed by atoms with Gasteiger partial charge in [-0.2, -0.15) is 0 Å². The van der Waals surface area contributed by atoms with Crippen LogP contribution in [0.3, 0.4) is 0 Å². The van der Waals surface area contributed by atoms with E-state index < -0.39 is 0 Å². The Morgan fingerprint density at radius 2 is 1.89 bits per heavy atom. The molecule has 2 atom stereocenters. The van der Waals surface area contributed by atoms with E-state index in [9.17, 15) is 0 Å². The smallest absolute Gasteiger partial charge is 0.128 e. The molecule has 0 saturated carbocycles. The molecule has 0 N–H and O–H groups in total. The number of hydrogen-bond donors (Lipinski definition) is 0. The van der Waals surface area contributed by atoms with Crippen molar-refractivity contribution >= 4 is 22.6 Å². The Kier molecular flexibility index (Phi) is 4.16. The highest BCUT2D eigenvalue weighted by atomic mass is 35.5. The summed E-state index contributed by atoms with van der Waals surface area (Å²) < 4.78 is 7.47. The van der Waals surface area contributed by atoms with Crippen molar-refractivity contribution in [1.82, 2.24) is 9.55 Å². The summed E-state index contributed by atoms with van der Waals surface area (Å²) in [7, 11) is 1.72. The average Bonchev–Trinajstić information content (AvgIpc) is 2.69. The highest BCUT2D eigenvalue weighted by Gasteiger charge is 2.19. The molecule has 1 heterocycles. The Bertz CT molecular complexity index is 589. The largest absolute Gasteiger partial charge is 0.383 e. The van der Waals surface area contributed by atoms with E-state index in [1.54, 1.807) is 7.11 Å². The summed E-state index contributed by atoms with van der Waals surface area (Å²) in [4.78, 5) is 4.69. The number of hydrogen-bond acceptors (Lipinski definition) is 2. The minimum absolute atomic E-state index is 0.118. The number of benzene rings is 1. The molecule has 0 spiro atoms. The lowest BCUT2D eigenvalue weighted by molar-refractivity contribution is 0.162. The zero-order valence-electron chi connectivity index (χ0n) is 12.2. The molecule has 2 unspecified atom stereocenters. The lowest BCUT2D eigenvalue weighted by Crippen LogP contribution is -2.14. The zero-order chi connectivity index (χ0) is 14.2. The maximum atomic E-state index is 6.28. The molecule has 0 radical (unpaired) electrons. The Balaban J connectivity index is 2.69. The highest BCUT2D eigenvalue weighted by Crippen LogP contribution is 2.29. The predicted molar refractivity (Wildman–Crippen MR) is 80.1 cm³/mol. The fourth-order valence-corrected chi connectivity index (χ4v) is 2.58. The number of fused-ring (bicyclic) bond motifs is 1. The van der Waals surface area contributed by atoms with Gasteiger partial charge >= 0.3 is 0 Å². The molecular formula is C15H21ClN2O. The first kappa shape index (κ1) is 14.4. The van der Waals surface area contributed by atoms with Crippen LogP contribution in [0.4, 0.5) is 0 Å². The molecule has 19 heavy (non-hydrogen) atoms. The van der Waals surface area contributed by atoms with Gasteiger partial charge < -0.3 is 9.30 Å². The van der Waals surface area contributed by atoms with Crippen molar-refractivity contribution in [2.45, 2.75) is 39.1 Å². The van der Waals surface area contributed by atoms with Crippen LogP contribution < -0.4 is 0 Å². The average molecular weight is 281 g/mol. The van der Waals surface area contributed by atoms with Crippen molar-refractivity contribution in [3.8, 4) is 0 Å². The number of rotatable bonds is 4. The number of aromatic nitrogens is 2. The van der Waals surface area contributed by atoms with Crippen LogP contribution in [0.1, 0.15) is 42.2 Å². The van der Waals surface area contributed by atoms with E-state index in [4.69, 9.17) is 21.3 Å². The molecule has 0 bridgehead atoms. The Morgan fingerprint density at radius 1 is 1.26 bits per heavy atom. The lowest BCUT2D eigenvalue weighted by Gasteiger charge is -2.18. The van der Waals surface area contributed by atoms with E-state index in [-0.39, 0.29) is 11.4 Å². The van der Waals surface area contributed by atoms with Gasteiger partial charge in [0.25, 0.3) is 0 Å². The maximum absolute atomic E-state index is 6.28. The number of alkyl halides is 1. The van der Waals surface area contributed by atoms with Gasteiger partial charge in [-0.15, -0.1) is 11.6 Å². The molecule has 2 rings (SSSR count). The molecule has 0 aliphatic heterocycles. The van der Waals surface area contributed by atoms with Gasteiger partial charge in [0.15, 0.2) is 0 Å². The molecular weight excluding hydrogens is 260 g/mol. The molecule has 1 aromatic carbocycles. The van der Waals surface area contributed by atoms with E-state index in [2.05, 4.69) is 37.5 Å². The molecule has 4 heteroatoms. The molecule has 0 saturated heterocycles. The number of nitrogens with zero attached hydrogens (tertiary/aromatic N) is 2. The second-order valence-electron chi connectivity index (χ2n) is 5.19. The van der Waals surface area contributed by atoms with Crippen LogP contribution in [0.25, 0.3) is 11.0 Å². The molecule has 0 aliphatic rings. The van der Waals surface area contributed by atoms with Gasteiger partial charge in [-0.3, -0.25) is 0 Å². The molecule has 3 nitrogen and oxygen atoms in total. The summed E-state index contributed by atoms with van der Waals surface area (Å²) in [5, 5.41) is -0.118. The van der Waals surface area contributed by atoms with Gasteiger partial charge in [-0.05, 0) is 51.0 Å². The molecule has 1 aromatic heterocycles. The van der Waals surface area contributed by atoms with Crippen LogP contribution >= 0.6 is 11.6 Å². The maximum Gasteiger partial charge on any atom is 0.128 e. The summed E-state index contributed by atoms with van der Waals surface area (Å²) in [5.74, 6) is 0.909. The lowest BCUT2D eigenvalue weighted by atomic mass is 10.1. The van der Waals surface area contributed by atoms with E-state index in [1.165, 1.54) is 11.1 Å². The van der Waals surface area contributed by atoms with Crippen molar-refractivity contribution in [1.29, 1.82) is 0 Å². The van der Waals surface area contributed by atoms with Crippen LogP contribution in [0.5, 0.6) is 0 Å². The van der Waals surface area contributed by atoms with Crippen molar-refractivity contribution < 1.29 is 4.74 Å². The van der Waals surface area contributed by atoms with Crippen LogP contribution in [-0.2, 0) is 4.74 Å². The monoisotopic (exact) mass is 280 g/mol. The SMILES string of the molecule is COCC(C)n1c(C(C)Cl)nc2cc(C)c(C)cc21. The van der Waals surface area contributed by atoms with Crippen molar-refractivity contribution in [2.24, 2.45) is 0 Å². The molecule has 104 valence electrons. The standard InChI is InChI=1S/C15H21ClN2O/c1-9-6-13-14(7-10(9)2)18(11(3)8-19-5)15(17-13)12(4)16/h6-7,11-12H,8H2,1-5H3. The second kappa shape index (κ2) is 5.51. The Hall–Kier alpha value is -1.06. The van der Waals surface area contributed by atoms with Gasteiger partial charge in [0.1, 0.15) is 5.82 Å². The summed E-state index contributed by atoms with van der Waals surface area (Å²) in [6, 6.07) is 4.53. The topological polar surface area (TPSA) is 27.1 Å². The minimum Gasteiger partial charge on any atom is -0.383 e. The third-order valence-electron chi connectivity index (χ3n) is 3.54. The van der Waals surface area contributed by atoms with E-state index in [0.717, 1.165) is 16.9 Å². The van der Waals surface area contributed by atoms with Crippen LogP contribution in [-0.4, -0.2) is 23.3 Å². The molecule has 0 fully saturated rings. The number of ether oxygens (including phenoxy) is 1. The summed E-state index contributed by atoms with van der Waals surface area (Å²) >= 11 is 6.28. The quantitative estimate of drug-likeness (QED) is 0.786. The van der Waals surface area contributed by atoms with Crippen molar-refractivity contribution in [3.05, 3.63) is 29.1 Å². The van der Waals surface area contributed by atoms with Gasteiger partial charge in [-0.25, -0.2) is 4.98 Å². The van der Waals surface area contributed by atoms with Gasteiger partial charge in [-0.1, -0.05) is 0 Å². The van der Waals surface area contributed by atoms with Crippen molar-refractivity contribution in [3.63, 3.8) is 0 Å². The second-order valence-corrected chi connectivity index (χ2v) is 5.84. The number of aryl methyl sites for hydroxylation is 2. The third-order valence-corrected chi connectivity index (χ3v) is 3.73. The van der Waals surface area contributed by atoms with Crippen LogP contribution in [0.2, 0.25) is 0 Å². The summed E-state index contributed by atoms with van der Waals surface area (Å²) in [6.07, 6.45) is 0. The fourth-order valence-electron chi connectivity index (χ4n) is 2.43. The summed E-state index contributed by atoms with van der Waals surface area (Å²) in [5.41, 5.74) is 4.67. The van der Waals surface area contributed by atoms with Crippen LogP contribution in [0, 0.1) is 13.8 Å². The molecule has 0 aliphatic carbocycles. The first-order valence-electron chi connectivity index (χ1n) is 6.57. The van der Waals surface area contributed by atoms with Gasteiger partial charge in [0, 0.05) is 7.11 Å². The first-order valence-corrected chi connectivity index (χ1v) is 7.01. The number of methoxy groups -OCH3 is 1. The fraction of sp³-hybridized carbons (Fsp3) is 0.533. The van der Waals surface area contributed by atoms with Gasteiger partial charge in [0.2, 0.25) is 0 Å². The zero-order valence-corrected chi connectivity index (χ0v) is 13.0. The van der Waals surface area contributed by atoms with E-state index in [0.29, 0.717) is 6.61 Å². The highest BCUT2D eigenvalue weighted by molar-refractivity contribution is 6.20. The summed E-state index contributed by atoms with van der Waals surface area (Å²) in [6.45, 7) is 8.96. The van der Waals surface area contributed by atoms with E-state index >= 15 is 0 Å². The number of halogens is 1. The first-order chi connectivity index (χ1) is 8.95. The van der Waals surface area contributed by atoms with Crippen molar-refractivity contribution in [2.75, 3.05) is 13.7 Å². The van der Waals surface area contributed by atoms with Gasteiger partial charge in [0.05, 0.1) is 29.1 Å². The molecule has 0 amide bonds. The minimum atomic E-state index is -0.118. The Morgan fingerprint density at radius 3 is 2.47 bits per heavy atom. The van der Waals surface area contributed by atoms with E-state index in [1.807, 2.05) is 6.92 Å². The number of imidazole rings is 1. The predicted octanol–water partition coefficient (Wildman–Crippen LogP) is 4.16. The Labute approximate surface area is 119 Å². The third kappa shape index (κ3) is 2.63. The molecule has 2 aromatic rings. The normalized spacial score (nSPS) is 14.8.